The lowest BCUT2D eigenvalue weighted by molar-refractivity contribution is -0.251. The number of methoxy groups -OCH3 is 1. The number of ether oxygens (including phenoxy) is 4. The van der Waals surface area contributed by atoms with Crippen molar-refractivity contribution in [2.75, 3.05) is 21.0 Å². The molecule has 1 amide bonds. The first-order chi connectivity index (χ1) is 12.0. The number of likely N-dealkylation sites (N-methyl/N-ethyl adjacent to an activating group) is 1. The molecule has 5 rings (SSSR count). The molecule has 3 heterocycles. The van der Waals surface area contributed by atoms with Crippen molar-refractivity contribution >= 4 is 11.7 Å². The normalized spacial score (nSPS) is 32.2. The van der Waals surface area contributed by atoms with E-state index >= 15 is 0 Å². The summed E-state index contributed by atoms with van der Waals surface area (Å²) in [6, 6.07) is 3.80. The van der Waals surface area contributed by atoms with Gasteiger partial charge in [0.1, 0.15) is 5.41 Å². The van der Waals surface area contributed by atoms with Gasteiger partial charge >= 0.3 is 0 Å². The third-order valence-corrected chi connectivity index (χ3v) is 5.77. The Hall–Kier alpha value is -2.38. The molecular weight excluding hydrogens is 326 g/mol. The summed E-state index contributed by atoms with van der Waals surface area (Å²) in [6.45, 7) is 0.393. The lowest BCUT2D eigenvalue weighted by Gasteiger charge is -2.47. The van der Waals surface area contributed by atoms with Gasteiger partial charge in [0, 0.05) is 32.4 Å². The SMILES string of the molecule is CO[C@]12OCc3cc4c(cc3[C@]13CCC(=O)C=C3N(C)C2=O)OCO4. The van der Waals surface area contributed by atoms with E-state index in [9.17, 15) is 9.59 Å². The van der Waals surface area contributed by atoms with Crippen molar-refractivity contribution in [2.24, 2.45) is 0 Å². The average Bonchev–Trinajstić information content (AvgIpc) is 3.15. The zero-order chi connectivity index (χ0) is 17.4. The first-order valence-corrected chi connectivity index (χ1v) is 8.19. The fourth-order valence-electron chi connectivity index (χ4n) is 4.65. The summed E-state index contributed by atoms with van der Waals surface area (Å²) >= 11 is 0. The standard InChI is InChI=1S/C18H17NO6/c1-19-15-6-11(20)3-4-17(15)12-7-14-13(23-9-24-14)5-10(12)8-25-18(17,22-2)16(19)21/h5-7H,3-4,8-9H2,1-2H3/t17-,18+/m0/s1. The number of benzene rings is 1. The molecule has 1 spiro atoms. The van der Waals surface area contributed by atoms with Crippen LogP contribution in [0.3, 0.4) is 0 Å². The highest BCUT2D eigenvalue weighted by Crippen LogP contribution is 2.60. The van der Waals surface area contributed by atoms with Crippen molar-refractivity contribution in [1.82, 2.24) is 4.90 Å². The van der Waals surface area contributed by atoms with Crippen molar-refractivity contribution in [1.29, 1.82) is 0 Å². The van der Waals surface area contributed by atoms with E-state index in [0.717, 1.165) is 11.1 Å². The van der Waals surface area contributed by atoms with E-state index in [0.29, 0.717) is 30.0 Å². The summed E-state index contributed by atoms with van der Waals surface area (Å²) in [5.74, 6) is -0.453. The Morgan fingerprint density at radius 1 is 1.20 bits per heavy atom. The number of rotatable bonds is 1. The van der Waals surface area contributed by atoms with Crippen LogP contribution in [0, 0.1) is 0 Å². The van der Waals surface area contributed by atoms with E-state index in [4.69, 9.17) is 18.9 Å². The highest BCUT2D eigenvalue weighted by atomic mass is 16.7. The molecule has 0 saturated carbocycles. The maximum atomic E-state index is 13.1. The number of ketones is 1. The number of nitrogens with zero attached hydrogens (tertiary/aromatic N) is 1. The van der Waals surface area contributed by atoms with Crippen molar-refractivity contribution in [3.05, 3.63) is 35.0 Å². The van der Waals surface area contributed by atoms with Crippen LogP contribution in [0.2, 0.25) is 0 Å². The number of amides is 1. The molecule has 1 aromatic carbocycles. The quantitative estimate of drug-likeness (QED) is 0.764. The zero-order valence-electron chi connectivity index (χ0n) is 14.0. The lowest BCUT2D eigenvalue weighted by Crippen LogP contribution is -2.59. The molecule has 1 fully saturated rings. The Balaban J connectivity index is 1.84. The van der Waals surface area contributed by atoms with Crippen molar-refractivity contribution in [3.63, 3.8) is 0 Å². The van der Waals surface area contributed by atoms with Gasteiger partial charge in [0.15, 0.2) is 17.3 Å². The minimum atomic E-state index is -1.46. The summed E-state index contributed by atoms with van der Waals surface area (Å²) < 4.78 is 22.8. The summed E-state index contributed by atoms with van der Waals surface area (Å²) in [5, 5.41) is 0. The van der Waals surface area contributed by atoms with Crippen LogP contribution in [0.5, 0.6) is 11.5 Å². The Morgan fingerprint density at radius 3 is 2.72 bits per heavy atom. The van der Waals surface area contributed by atoms with Gasteiger partial charge in [-0.1, -0.05) is 0 Å². The van der Waals surface area contributed by atoms with Crippen LogP contribution in [0.1, 0.15) is 24.0 Å². The Morgan fingerprint density at radius 2 is 1.96 bits per heavy atom. The molecule has 0 radical (unpaired) electrons. The van der Waals surface area contributed by atoms with E-state index in [-0.39, 0.29) is 25.1 Å². The van der Waals surface area contributed by atoms with Gasteiger partial charge < -0.3 is 23.8 Å². The van der Waals surface area contributed by atoms with Crippen LogP contribution in [0.15, 0.2) is 23.9 Å². The second-order valence-corrected chi connectivity index (χ2v) is 6.74. The van der Waals surface area contributed by atoms with Gasteiger partial charge in [-0.3, -0.25) is 9.59 Å². The first kappa shape index (κ1) is 14.9. The van der Waals surface area contributed by atoms with E-state index in [1.165, 1.54) is 12.0 Å². The van der Waals surface area contributed by atoms with E-state index in [1.807, 2.05) is 12.1 Å². The summed E-state index contributed by atoms with van der Waals surface area (Å²) in [7, 11) is 3.13. The van der Waals surface area contributed by atoms with Gasteiger partial charge in [-0.2, -0.15) is 0 Å². The van der Waals surface area contributed by atoms with E-state index in [1.54, 1.807) is 13.1 Å². The first-order valence-electron chi connectivity index (χ1n) is 8.19. The number of carbonyl (C=O) groups is 2. The van der Waals surface area contributed by atoms with Gasteiger partial charge in [0.05, 0.1) is 6.61 Å². The molecule has 2 atom stereocenters. The second-order valence-electron chi connectivity index (χ2n) is 6.74. The predicted molar refractivity (Wildman–Crippen MR) is 83.9 cm³/mol. The van der Waals surface area contributed by atoms with Crippen LogP contribution >= 0.6 is 0 Å². The average molecular weight is 343 g/mol. The summed E-state index contributed by atoms with van der Waals surface area (Å²) in [6.07, 6.45) is 2.31. The molecule has 130 valence electrons. The number of allylic oxidation sites excluding steroid dienone is 1. The molecule has 0 unspecified atom stereocenters. The fourth-order valence-corrected chi connectivity index (χ4v) is 4.65. The van der Waals surface area contributed by atoms with Gasteiger partial charge in [0.25, 0.3) is 11.7 Å². The highest BCUT2D eigenvalue weighted by molar-refractivity contribution is 6.00. The number of likely N-dealkylation sites (tertiary alicyclic amines) is 1. The van der Waals surface area contributed by atoms with Gasteiger partial charge in [-0.15, -0.1) is 0 Å². The molecule has 1 aromatic rings. The Kier molecular flexibility index (Phi) is 2.76. The van der Waals surface area contributed by atoms with Crippen molar-refractivity contribution in [2.45, 2.75) is 30.7 Å². The third kappa shape index (κ3) is 1.54. The smallest absolute Gasteiger partial charge is 0.288 e. The van der Waals surface area contributed by atoms with Crippen LogP contribution in [-0.2, 0) is 31.1 Å². The molecule has 1 saturated heterocycles. The molecule has 0 N–H and O–H groups in total. The molecule has 3 aliphatic heterocycles. The summed E-state index contributed by atoms with van der Waals surface area (Å²) in [4.78, 5) is 26.6. The van der Waals surface area contributed by atoms with Crippen LogP contribution < -0.4 is 9.47 Å². The molecule has 0 aromatic heterocycles. The van der Waals surface area contributed by atoms with E-state index < -0.39 is 11.2 Å². The highest BCUT2D eigenvalue weighted by Gasteiger charge is 2.71. The minimum Gasteiger partial charge on any atom is -0.454 e. The molecular formula is C18H17NO6. The lowest BCUT2D eigenvalue weighted by atomic mass is 9.64. The molecule has 7 nitrogen and oxygen atoms in total. The maximum Gasteiger partial charge on any atom is 0.288 e. The minimum absolute atomic E-state index is 0.0000415. The van der Waals surface area contributed by atoms with Gasteiger partial charge in [-0.25, -0.2) is 0 Å². The molecule has 25 heavy (non-hydrogen) atoms. The molecule has 1 aliphatic carbocycles. The number of carbonyl (C=O) groups excluding carboxylic acids is 2. The van der Waals surface area contributed by atoms with Crippen molar-refractivity contribution < 1.29 is 28.5 Å². The molecule has 0 bridgehead atoms. The molecule has 4 aliphatic rings. The van der Waals surface area contributed by atoms with Gasteiger partial charge in [-0.05, 0) is 29.7 Å². The zero-order valence-corrected chi connectivity index (χ0v) is 14.0. The van der Waals surface area contributed by atoms with Crippen LogP contribution in [-0.4, -0.2) is 43.3 Å². The number of hydrogen-bond donors (Lipinski definition) is 0. The summed E-state index contributed by atoms with van der Waals surface area (Å²) in [5.41, 5.74) is 1.58. The fraction of sp³-hybridized carbons (Fsp3) is 0.444. The Labute approximate surface area is 144 Å². The molecule has 7 heteroatoms. The topological polar surface area (TPSA) is 74.3 Å². The number of hydrogen-bond acceptors (Lipinski definition) is 6. The number of fused-ring (bicyclic) bond motifs is 2. The van der Waals surface area contributed by atoms with Crippen molar-refractivity contribution in [3.8, 4) is 11.5 Å². The van der Waals surface area contributed by atoms with Gasteiger partial charge in [0.2, 0.25) is 6.79 Å². The van der Waals surface area contributed by atoms with E-state index in [2.05, 4.69) is 0 Å². The monoisotopic (exact) mass is 343 g/mol. The maximum absolute atomic E-state index is 13.1. The second kappa shape index (κ2) is 4.62. The third-order valence-electron chi connectivity index (χ3n) is 5.77. The Bertz CT molecular complexity index is 861. The van der Waals surface area contributed by atoms with Crippen LogP contribution in [0.4, 0.5) is 0 Å². The predicted octanol–water partition coefficient (Wildman–Crippen LogP) is 1.24. The van der Waals surface area contributed by atoms with Crippen LogP contribution in [0.25, 0.3) is 0 Å². The largest absolute Gasteiger partial charge is 0.454 e.